The van der Waals surface area contributed by atoms with E-state index >= 15 is 0 Å². The van der Waals surface area contributed by atoms with Crippen molar-refractivity contribution in [2.24, 2.45) is 0 Å². The summed E-state index contributed by atoms with van der Waals surface area (Å²) in [5.41, 5.74) is 2.97. The van der Waals surface area contributed by atoms with Crippen LogP contribution in [0.5, 0.6) is 0 Å². The van der Waals surface area contributed by atoms with Crippen molar-refractivity contribution in [1.29, 1.82) is 0 Å². The van der Waals surface area contributed by atoms with E-state index in [4.69, 9.17) is 0 Å². The average Bonchev–Trinajstić information content (AvgIpc) is 2.64. The normalized spacial score (nSPS) is 14.7. The molecule has 3 heteroatoms. The molecule has 2 aromatic rings. The third-order valence-electron chi connectivity index (χ3n) is 4.39. The minimum atomic E-state index is -0.203. The molecule has 122 valence electrons. The highest BCUT2D eigenvalue weighted by molar-refractivity contribution is 5.97. The third-order valence-corrected chi connectivity index (χ3v) is 4.39. The molecule has 0 saturated carbocycles. The highest BCUT2D eigenvalue weighted by Gasteiger charge is 2.31. The van der Waals surface area contributed by atoms with Crippen molar-refractivity contribution < 1.29 is 4.79 Å². The largest absolute Gasteiger partial charge is 0.344 e. The Labute approximate surface area is 143 Å². The van der Waals surface area contributed by atoms with Crippen LogP contribution < -0.4 is 4.90 Å². The van der Waals surface area contributed by atoms with Crippen LogP contribution in [0.1, 0.15) is 15.9 Å². The molecular formula is C21H22N2O. The molecule has 0 saturated heterocycles. The predicted octanol–water partition coefficient (Wildman–Crippen LogP) is 3.89. The standard InChI is InChI=1S/C21H22N2O/c1-3-15-22(18-11-6-5-7-12-18)20(4-2)23-16-14-17-10-8-9-13-19(17)21(23)24/h3-13,20H,1-2,14-16H2. The number of carbonyl (C=O) groups excluding carboxylic acids is 1. The molecule has 0 spiro atoms. The number of nitrogens with zero attached hydrogens (tertiary/aromatic N) is 2. The Hall–Kier alpha value is -2.81. The number of carbonyl (C=O) groups is 1. The van der Waals surface area contributed by atoms with Gasteiger partial charge in [0.05, 0.1) is 0 Å². The Kier molecular flexibility index (Phi) is 4.80. The van der Waals surface area contributed by atoms with Gasteiger partial charge in [0.2, 0.25) is 0 Å². The van der Waals surface area contributed by atoms with E-state index in [9.17, 15) is 4.79 Å². The van der Waals surface area contributed by atoms with Gasteiger partial charge in [-0.3, -0.25) is 4.79 Å². The van der Waals surface area contributed by atoms with Crippen LogP contribution in [0, 0.1) is 0 Å². The Bertz CT molecular complexity index is 739. The lowest BCUT2D eigenvalue weighted by Crippen LogP contribution is -2.52. The number of para-hydroxylation sites is 1. The molecular weight excluding hydrogens is 296 g/mol. The molecule has 3 nitrogen and oxygen atoms in total. The van der Waals surface area contributed by atoms with Crippen LogP contribution in [-0.2, 0) is 6.42 Å². The summed E-state index contributed by atoms with van der Waals surface area (Å²) in [5.74, 6) is 0.0618. The zero-order valence-electron chi connectivity index (χ0n) is 13.8. The van der Waals surface area contributed by atoms with Crippen LogP contribution in [0.15, 0.2) is 79.9 Å². The molecule has 1 atom stereocenters. The van der Waals surface area contributed by atoms with E-state index < -0.39 is 0 Å². The maximum atomic E-state index is 13.0. The molecule has 1 unspecified atom stereocenters. The summed E-state index contributed by atoms with van der Waals surface area (Å²) in [6, 6.07) is 17.9. The van der Waals surface area contributed by atoms with Gasteiger partial charge >= 0.3 is 0 Å². The second kappa shape index (κ2) is 7.18. The van der Waals surface area contributed by atoms with Crippen molar-refractivity contribution in [2.45, 2.75) is 12.6 Å². The summed E-state index contributed by atoms with van der Waals surface area (Å²) in [6.45, 7) is 9.18. The molecule has 2 aromatic carbocycles. The number of hydrogen-bond donors (Lipinski definition) is 0. The first-order valence-electron chi connectivity index (χ1n) is 8.20. The Morgan fingerprint density at radius 3 is 2.50 bits per heavy atom. The first kappa shape index (κ1) is 16.1. The first-order chi connectivity index (χ1) is 11.8. The average molecular weight is 318 g/mol. The van der Waals surface area contributed by atoms with Crippen molar-refractivity contribution in [3.05, 3.63) is 91.0 Å². The van der Waals surface area contributed by atoms with Gasteiger partial charge in [0.1, 0.15) is 6.17 Å². The predicted molar refractivity (Wildman–Crippen MR) is 99.2 cm³/mol. The molecule has 1 heterocycles. The number of amides is 1. The van der Waals surface area contributed by atoms with Gasteiger partial charge in [-0.15, -0.1) is 6.58 Å². The van der Waals surface area contributed by atoms with Crippen LogP contribution in [0.4, 0.5) is 5.69 Å². The van der Waals surface area contributed by atoms with E-state index in [2.05, 4.69) is 18.1 Å². The van der Waals surface area contributed by atoms with Crippen LogP contribution in [0.25, 0.3) is 0 Å². The fraction of sp³-hybridized carbons (Fsp3) is 0.190. The van der Waals surface area contributed by atoms with E-state index in [-0.39, 0.29) is 12.1 Å². The quantitative estimate of drug-likeness (QED) is 0.754. The van der Waals surface area contributed by atoms with Gasteiger partial charge in [0.25, 0.3) is 5.91 Å². The number of hydrogen-bond acceptors (Lipinski definition) is 2. The van der Waals surface area contributed by atoms with E-state index in [0.29, 0.717) is 13.1 Å². The second-order valence-electron chi connectivity index (χ2n) is 5.83. The molecule has 24 heavy (non-hydrogen) atoms. The molecule has 0 bridgehead atoms. The molecule has 0 fully saturated rings. The highest BCUT2D eigenvalue weighted by Crippen LogP contribution is 2.25. The van der Waals surface area contributed by atoms with Crippen LogP contribution >= 0.6 is 0 Å². The van der Waals surface area contributed by atoms with Gasteiger partial charge in [-0.25, -0.2) is 0 Å². The van der Waals surface area contributed by atoms with Gasteiger partial charge < -0.3 is 9.80 Å². The summed E-state index contributed by atoms with van der Waals surface area (Å²) in [6.07, 6.45) is 4.35. The minimum absolute atomic E-state index is 0.0618. The number of rotatable bonds is 6. The lowest BCUT2D eigenvalue weighted by Gasteiger charge is -2.41. The molecule has 3 rings (SSSR count). The SMILES string of the molecule is C=CCN(c1ccccc1)C(C=C)N1CCc2ccccc2C1=O. The van der Waals surface area contributed by atoms with Crippen molar-refractivity contribution in [2.75, 3.05) is 18.0 Å². The summed E-state index contributed by atoms with van der Waals surface area (Å²) in [4.78, 5) is 17.0. The van der Waals surface area contributed by atoms with Gasteiger partial charge in [-0.1, -0.05) is 49.1 Å². The van der Waals surface area contributed by atoms with Crippen LogP contribution in [-0.4, -0.2) is 30.1 Å². The Morgan fingerprint density at radius 2 is 1.79 bits per heavy atom. The number of benzene rings is 2. The highest BCUT2D eigenvalue weighted by atomic mass is 16.2. The summed E-state index contributed by atoms with van der Waals surface area (Å²) >= 11 is 0. The Morgan fingerprint density at radius 1 is 1.08 bits per heavy atom. The summed E-state index contributed by atoms with van der Waals surface area (Å²) in [7, 11) is 0. The van der Waals surface area contributed by atoms with E-state index in [1.54, 1.807) is 0 Å². The molecule has 0 aromatic heterocycles. The van der Waals surface area contributed by atoms with Crippen molar-refractivity contribution in [1.82, 2.24) is 4.90 Å². The second-order valence-corrected chi connectivity index (χ2v) is 5.83. The molecule has 1 amide bonds. The fourth-order valence-electron chi connectivity index (χ4n) is 3.24. The Balaban J connectivity index is 1.94. The molecule has 0 aliphatic carbocycles. The molecule has 0 N–H and O–H groups in total. The van der Waals surface area contributed by atoms with E-state index in [0.717, 1.165) is 23.2 Å². The van der Waals surface area contributed by atoms with Gasteiger partial charge in [-0.2, -0.15) is 0 Å². The topological polar surface area (TPSA) is 23.6 Å². The monoisotopic (exact) mass is 318 g/mol. The number of fused-ring (bicyclic) bond motifs is 1. The minimum Gasteiger partial charge on any atom is -0.344 e. The number of anilines is 1. The van der Waals surface area contributed by atoms with E-state index in [1.807, 2.05) is 71.6 Å². The molecule has 1 aliphatic rings. The zero-order chi connectivity index (χ0) is 16.9. The van der Waals surface area contributed by atoms with Crippen molar-refractivity contribution in [3.63, 3.8) is 0 Å². The van der Waals surface area contributed by atoms with Crippen molar-refractivity contribution in [3.8, 4) is 0 Å². The molecule has 0 radical (unpaired) electrons. The first-order valence-corrected chi connectivity index (χ1v) is 8.20. The maximum Gasteiger partial charge on any atom is 0.256 e. The van der Waals surface area contributed by atoms with Gasteiger partial charge in [-0.05, 0) is 36.3 Å². The van der Waals surface area contributed by atoms with Crippen LogP contribution in [0.3, 0.4) is 0 Å². The van der Waals surface area contributed by atoms with Crippen LogP contribution in [0.2, 0.25) is 0 Å². The summed E-state index contributed by atoms with van der Waals surface area (Å²) in [5, 5.41) is 0. The fourth-order valence-corrected chi connectivity index (χ4v) is 3.24. The molecule has 1 aliphatic heterocycles. The van der Waals surface area contributed by atoms with E-state index in [1.165, 1.54) is 0 Å². The third kappa shape index (κ3) is 2.98. The zero-order valence-corrected chi connectivity index (χ0v) is 13.8. The maximum absolute atomic E-state index is 13.0. The van der Waals surface area contributed by atoms with Gasteiger partial charge in [0, 0.05) is 24.3 Å². The van der Waals surface area contributed by atoms with Gasteiger partial charge in [0.15, 0.2) is 0 Å². The lowest BCUT2D eigenvalue weighted by atomic mass is 9.98. The summed E-state index contributed by atoms with van der Waals surface area (Å²) < 4.78 is 0. The smallest absolute Gasteiger partial charge is 0.256 e. The lowest BCUT2D eigenvalue weighted by molar-refractivity contribution is 0.0693. The van der Waals surface area contributed by atoms with Crippen molar-refractivity contribution >= 4 is 11.6 Å².